The van der Waals surface area contributed by atoms with Crippen molar-refractivity contribution in [3.63, 3.8) is 0 Å². The maximum atomic E-state index is 16.4. The van der Waals surface area contributed by atoms with Crippen LogP contribution in [0.2, 0.25) is 0 Å². The molecule has 0 bridgehead atoms. The van der Waals surface area contributed by atoms with Crippen molar-refractivity contribution < 1.29 is 22.3 Å². The molecule has 9 heteroatoms. The lowest BCUT2D eigenvalue weighted by Gasteiger charge is -2.42. The number of nitrogens with one attached hydrogen (secondary N) is 1. The van der Waals surface area contributed by atoms with Gasteiger partial charge in [-0.3, -0.25) is 0 Å². The molecule has 1 aliphatic carbocycles. The number of benzene rings is 2. The summed E-state index contributed by atoms with van der Waals surface area (Å²) in [7, 11) is 1.51. The van der Waals surface area contributed by atoms with E-state index in [0.717, 1.165) is 49.1 Å². The topological polar surface area (TPSA) is 42.3 Å². The Kier molecular flexibility index (Phi) is 6.88. The zero-order valence-electron chi connectivity index (χ0n) is 20.7. The van der Waals surface area contributed by atoms with Crippen LogP contribution in [0.25, 0.3) is 5.69 Å². The minimum Gasteiger partial charge on any atom is -0.497 e. The molecule has 5 rings (SSSR count). The van der Waals surface area contributed by atoms with E-state index < -0.39 is 29.4 Å². The number of anilines is 2. The van der Waals surface area contributed by atoms with Crippen molar-refractivity contribution >= 4 is 11.5 Å². The highest BCUT2D eigenvalue weighted by molar-refractivity contribution is 5.61. The van der Waals surface area contributed by atoms with Crippen LogP contribution in [0.1, 0.15) is 49.8 Å². The zero-order chi connectivity index (χ0) is 26.2. The number of aromatic nitrogens is 2. The molecule has 2 aromatic carbocycles. The number of alkyl halides is 2. The first-order valence-electron chi connectivity index (χ1n) is 12.6. The predicted octanol–water partition coefficient (Wildman–Crippen LogP) is 6.96. The van der Waals surface area contributed by atoms with Gasteiger partial charge in [0.15, 0.2) is 11.5 Å². The zero-order valence-corrected chi connectivity index (χ0v) is 20.7. The van der Waals surface area contributed by atoms with E-state index in [1.54, 1.807) is 30.3 Å². The van der Waals surface area contributed by atoms with E-state index in [0.29, 0.717) is 29.2 Å². The molecule has 1 fully saturated rings. The van der Waals surface area contributed by atoms with Crippen molar-refractivity contribution in [2.75, 3.05) is 17.3 Å². The number of nitrogens with zero attached hydrogens (tertiary/aromatic N) is 3. The fraction of sp³-hybridized carbons (Fsp3) is 0.393. The quantitative estimate of drug-likeness (QED) is 0.210. The SMILES string of the molecule is C=CCC1Cc2c(nn(-c3ccc(F)cc3F)c2NC2CCCCC2)C(F)(F)N1c1ccc(OC)cc1. The van der Waals surface area contributed by atoms with Gasteiger partial charge >= 0.3 is 6.05 Å². The van der Waals surface area contributed by atoms with E-state index in [1.165, 1.54) is 17.9 Å². The van der Waals surface area contributed by atoms with Gasteiger partial charge in [0.2, 0.25) is 0 Å². The molecule has 2 heterocycles. The Morgan fingerprint density at radius 2 is 1.84 bits per heavy atom. The summed E-state index contributed by atoms with van der Waals surface area (Å²) in [4.78, 5) is 1.05. The average Bonchev–Trinajstić information content (AvgIpc) is 3.24. The maximum Gasteiger partial charge on any atom is 0.371 e. The van der Waals surface area contributed by atoms with Crippen molar-refractivity contribution in [2.45, 2.75) is 63.1 Å². The summed E-state index contributed by atoms with van der Waals surface area (Å²) in [6, 6.07) is 5.46. The smallest absolute Gasteiger partial charge is 0.371 e. The summed E-state index contributed by atoms with van der Waals surface area (Å²) in [5.74, 6) is -0.720. The van der Waals surface area contributed by atoms with Crippen molar-refractivity contribution in [1.82, 2.24) is 9.78 Å². The second-order valence-corrected chi connectivity index (χ2v) is 9.65. The summed E-state index contributed by atoms with van der Waals surface area (Å²) in [5.41, 5.74) is 0.135. The van der Waals surface area contributed by atoms with Gasteiger partial charge in [0, 0.05) is 29.4 Å². The fourth-order valence-electron chi connectivity index (χ4n) is 5.47. The minimum atomic E-state index is -3.50. The molecule has 37 heavy (non-hydrogen) atoms. The van der Waals surface area contributed by atoms with Gasteiger partial charge in [0.1, 0.15) is 23.1 Å². The van der Waals surface area contributed by atoms with E-state index in [9.17, 15) is 8.78 Å². The highest BCUT2D eigenvalue weighted by atomic mass is 19.3. The number of rotatable bonds is 7. The number of hydrogen-bond donors (Lipinski definition) is 1. The van der Waals surface area contributed by atoms with Crippen LogP contribution in [-0.4, -0.2) is 29.0 Å². The summed E-state index contributed by atoms with van der Waals surface area (Å²) in [6.45, 7) is 3.79. The molecular formula is C28H30F4N4O. The van der Waals surface area contributed by atoms with Gasteiger partial charge in [-0.1, -0.05) is 25.3 Å². The highest BCUT2D eigenvalue weighted by Crippen LogP contribution is 2.47. The van der Waals surface area contributed by atoms with E-state index in [4.69, 9.17) is 4.74 Å². The van der Waals surface area contributed by atoms with Crippen molar-refractivity contribution in [3.8, 4) is 11.4 Å². The molecule has 0 saturated heterocycles. The van der Waals surface area contributed by atoms with Gasteiger partial charge in [-0.2, -0.15) is 13.9 Å². The van der Waals surface area contributed by atoms with E-state index in [-0.39, 0.29) is 18.2 Å². The molecule has 0 amide bonds. The summed E-state index contributed by atoms with van der Waals surface area (Å²) in [6.07, 6.45) is 7.13. The standard InChI is InChI=1S/C28H30F4N4O/c1-3-7-21-17-23-26(28(31,32)35(21)20-11-13-22(37-2)14-12-20)34-36(25-15-10-18(29)16-24(25)30)27(23)33-19-8-5-4-6-9-19/h3,10-16,19,21,33H,1,4-9,17H2,2H3. The summed E-state index contributed by atoms with van der Waals surface area (Å²) >= 11 is 0. The Labute approximate surface area is 213 Å². The average molecular weight is 515 g/mol. The molecule has 196 valence electrons. The Bertz CT molecular complexity index is 1270. The second-order valence-electron chi connectivity index (χ2n) is 9.65. The van der Waals surface area contributed by atoms with Gasteiger partial charge in [0.05, 0.1) is 7.11 Å². The van der Waals surface area contributed by atoms with E-state index in [1.807, 2.05) is 0 Å². The normalized spacial score (nSPS) is 19.4. The molecule has 0 spiro atoms. The van der Waals surface area contributed by atoms with E-state index >= 15 is 8.78 Å². The second kappa shape index (κ2) is 10.1. The van der Waals surface area contributed by atoms with Crippen LogP contribution < -0.4 is 15.0 Å². The maximum absolute atomic E-state index is 16.4. The van der Waals surface area contributed by atoms with Crippen LogP contribution in [0.4, 0.5) is 29.1 Å². The van der Waals surface area contributed by atoms with Crippen LogP contribution in [0, 0.1) is 11.6 Å². The van der Waals surface area contributed by atoms with Gasteiger partial charge in [-0.05, 0) is 62.1 Å². The minimum absolute atomic E-state index is 0.0582. The molecule has 0 radical (unpaired) electrons. The van der Waals surface area contributed by atoms with Crippen molar-refractivity contribution in [1.29, 1.82) is 0 Å². The molecule has 1 N–H and O–H groups in total. The largest absolute Gasteiger partial charge is 0.497 e. The van der Waals surface area contributed by atoms with Gasteiger partial charge in [0.25, 0.3) is 0 Å². The Morgan fingerprint density at radius 1 is 1.11 bits per heavy atom. The van der Waals surface area contributed by atoms with Crippen LogP contribution in [0.3, 0.4) is 0 Å². The molecule has 1 aliphatic heterocycles. The first-order chi connectivity index (χ1) is 17.8. The third kappa shape index (κ3) is 4.67. The first kappa shape index (κ1) is 25.2. The molecule has 1 atom stereocenters. The molecule has 5 nitrogen and oxygen atoms in total. The molecule has 1 unspecified atom stereocenters. The highest BCUT2D eigenvalue weighted by Gasteiger charge is 2.52. The third-order valence-electron chi connectivity index (χ3n) is 7.25. The lowest BCUT2D eigenvalue weighted by Crippen LogP contribution is -2.51. The van der Waals surface area contributed by atoms with Gasteiger partial charge in [-0.25, -0.2) is 13.5 Å². The number of halogens is 4. The number of fused-ring (bicyclic) bond motifs is 1. The van der Waals surface area contributed by atoms with Crippen LogP contribution in [0.15, 0.2) is 55.1 Å². The van der Waals surface area contributed by atoms with Crippen molar-refractivity contribution in [3.05, 3.63) is 78.0 Å². The predicted molar refractivity (Wildman–Crippen MR) is 136 cm³/mol. The summed E-state index contributed by atoms with van der Waals surface area (Å²) in [5, 5.41) is 7.70. The lowest BCUT2D eigenvalue weighted by molar-refractivity contribution is -0.0278. The van der Waals surface area contributed by atoms with Crippen LogP contribution in [0.5, 0.6) is 5.75 Å². The molecule has 3 aromatic rings. The van der Waals surface area contributed by atoms with Crippen LogP contribution >= 0.6 is 0 Å². The number of ether oxygens (including phenoxy) is 1. The van der Waals surface area contributed by atoms with Gasteiger partial charge in [-0.15, -0.1) is 6.58 Å². The molecule has 1 saturated carbocycles. The fourth-order valence-corrected chi connectivity index (χ4v) is 5.47. The Hall–Kier alpha value is -3.49. The van der Waals surface area contributed by atoms with Crippen molar-refractivity contribution in [2.24, 2.45) is 0 Å². The Morgan fingerprint density at radius 3 is 2.49 bits per heavy atom. The molecule has 2 aliphatic rings. The first-order valence-corrected chi connectivity index (χ1v) is 12.6. The monoisotopic (exact) mass is 514 g/mol. The molecular weight excluding hydrogens is 484 g/mol. The summed E-state index contributed by atoms with van der Waals surface area (Å²) < 4.78 is 67.7. The number of hydrogen-bond acceptors (Lipinski definition) is 4. The van der Waals surface area contributed by atoms with E-state index in [2.05, 4.69) is 17.0 Å². The van der Waals surface area contributed by atoms with Gasteiger partial charge < -0.3 is 15.0 Å². The lowest BCUT2D eigenvalue weighted by atomic mass is 9.92. The Balaban J connectivity index is 1.66. The third-order valence-corrected chi connectivity index (χ3v) is 7.25. The van der Waals surface area contributed by atoms with Crippen LogP contribution in [-0.2, 0) is 12.5 Å². The molecule has 1 aromatic heterocycles. The number of methoxy groups -OCH3 is 1.